The van der Waals surface area contributed by atoms with Crippen molar-refractivity contribution >= 4 is 43.7 Å². The summed E-state index contributed by atoms with van der Waals surface area (Å²) in [7, 11) is 0. The maximum absolute atomic E-state index is 7.04. The highest BCUT2D eigenvalue weighted by Gasteiger charge is 2.21. The number of hydrogen-bond donors (Lipinski definition) is 0. The maximum atomic E-state index is 7.04. The monoisotopic (exact) mass is 715 g/mol. The molecular formula is C52H33N3O. The molecule has 0 bridgehead atoms. The van der Waals surface area contributed by atoms with E-state index in [1.165, 1.54) is 16.3 Å². The van der Waals surface area contributed by atoms with Gasteiger partial charge in [0.25, 0.3) is 0 Å². The number of hydrogen-bond acceptors (Lipinski definition) is 3. The highest BCUT2D eigenvalue weighted by Crippen LogP contribution is 2.43. The summed E-state index contributed by atoms with van der Waals surface area (Å²) in [6, 6.07) is 70.0. The molecule has 0 aliphatic carbocycles. The molecule has 0 saturated carbocycles. The zero-order valence-electron chi connectivity index (χ0n) is 30.3. The van der Waals surface area contributed by atoms with E-state index >= 15 is 0 Å². The standard InChI is InChI=1S/C52H33N3O/c1-4-15-34(16-5-1)36-19-12-21-38(31-36)47-33-46(35-17-6-2-7-18-35)53-52(54-47)39-22-13-20-37(32-39)41-26-14-27-44-45-30-29-43-42-25-10-11-28-48(42)55(40-23-8-3-9-24-40)49(43)51(45)56-50(41)44/h1-33H. The Labute approximate surface area is 323 Å². The molecule has 0 N–H and O–H groups in total. The Bertz CT molecular complexity index is 3240. The molecule has 11 aromatic rings. The molecule has 4 nitrogen and oxygen atoms in total. The normalized spacial score (nSPS) is 11.6. The molecule has 0 atom stereocenters. The van der Waals surface area contributed by atoms with Crippen LogP contribution >= 0.6 is 0 Å². The third kappa shape index (κ3) is 5.31. The van der Waals surface area contributed by atoms with Crippen LogP contribution in [0.15, 0.2) is 205 Å². The molecule has 262 valence electrons. The Kier molecular flexibility index (Phi) is 7.46. The third-order valence-corrected chi connectivity index (χ3v) is 10.8. The summed E-state index contributed by atoms with van der Waals surface area (Å²) in [6.45, 7) is 0. The van der Waals surface area contributed by atoms with E-state index < -0.39 is 0 Å². The number of para-hydroxylation sites is 3. The van der Waals surface area contributed by atoms with Crippen LogP contribution in [0.3, 0.4) is 0 Å². The SMILES string of the molecule is c1ccc(-c2cccc(-c3cc(-c4ccccc4)nc(-c4cccc(-c5cccc6c5oc5c6ccc6c7ccccc7n(-c7ccccc7)c65)c4)n3)c2)cc1. The molecule has 3 aromatic heterocycles. The molecule has 0 aliphatic rings. The highest BCUT2D eigenvalue weighted by molar-refractivity contribution is 6.22. The fourth-order valence-corrected chi connectivity index (χ4v) is 8.17. The highest BCUT2D eigenvalue weighted by atomic mass is 16.3. The largest absolute Gasteiger partial charge is 0.453 e. The van der Waals surface area contributed by atoms with Crippen molar-refractivity contribution in [2.24, 2.45) is 0 Å². The average molecular weight is 716 g/mol. The van der Waals surface area contributed by atoms with E-state index in [1.54, 1.807) is 0 Å². The maximum Gasteiger partial charge on any atom is 0.160 e. The Balaban J connectivity index is 1.08. The number of nitrogens with zero attached hydrogens (tertiary/aromatic N) is 3. The van der Waals surface area contributed by atoms with Crippen LogP contribution in [-0.4, -0.2) is 14.5 Å². The van der Waals surface area contributed by atoms with E-state index in [4.69, 9.17) is 14.4 Å². The van der Waals surface area contributed by atoms with Crippen LogP contribution in [0.5, 0.6) is 0 Å². The number of rotatable bonds is 6. The summed E-state index contributed by atoms with van der Waals surface area (Å²) in [4.78, 5) is 10.4. The number of aromatic nitrogens is 3. The van der Waals surface area contributed by atoms with Gasteiger partial charge in [0, 0.05) is 49.5 Å². The van der Waals surface area contributed by atoms with Gasteiger partial charge in [-0.1, -0.05) is 158 Å². The Morgan fingerprint density at radius 3 is 1.71 bits per heavy atom. The van der Waals surface area contributed by atoms with Crippen molar-refractivity contribution in [1.82, 2.24) is 14.5 Å². The molecule has 0 radical (unpaired) electrons. The van der Waals surface area contributed by atoms with Crippen LogP contribution in [0.2, 0.25) is 0 Å². The van der Waals surface area contributed by atoms with Crippen LogP contribution in [-0.2, 0) is 0 Å². The minimum atomic E-state index is 0.666. The lowest BCUT2D eigenvalue weighted by molar-refractivity contribution is 0.672. The summed E-state index contributed by atoms with van der Waals surface area (Å²) < 4.78 is 9.37. The summed E-state index contributed by atoms with van der Waals surface area (Å²) >= 11 is 0. The Hall–Kier alpha value is -7.56. The van der Waals surface area contributed by atoms with Crippen LogP contribution in [0.1, 0.15) is 0 Å². The zero-order chi connectivity index (χ0) is 37.0. The van der Waals surface area contributed by atoms with E-state index in [-0.39, 0.29) is 0 Å². The lowest BCUT2D eigenvalue weighted by Gasteiger charge is -2.11. The molecule has 3 heterocycles. The van der Waals surface area contributed by atoms with Gasteiger partial charge in [-0.15, -0.1) is 0 Å². The molecule has 4 heteroatoms. The van der Waals surface area contributed by atoms with Crippen molar-refractivity contribution in [1.29, 1.82) is 0 Å². The van der Waals surface area contributed by atoms with Gasteiger partial charge in [-0.05, 0) is 59.2 Å². The first-order valence-electron chi connectivity index (χ1n) is 18.9. The molecule has 0 amide bonds. The topological polar surface area (TPSA) is 43.9 Å². The molecule has 0 aliphatic heterocycles. The second-order valence-electron chi connectivity index (χ2n) is 14.2. The fraction of sp³-hybridized carbons (Fsp3) is 0. The van der Waals surface area contributed by atoms with Gasteiger partial charge in [0.05, 0.1) is 22.4 Å². The van der Waals surface area contributed by atoms with Gasteiger partial charge in [0.1, 0.15) is 5.58 Å². The van der Waals surface area contributed by atoms with Crippen molar-refractivity contribution < 1.29 is 4.42 Å². The smallest absolute Gasteiger partial charge is 0.160 e. The molecule has 56 heavy (non-hydrogen) atoms. The first kappa shape index (κ1) is 31.9. The summed E-state index contributed by atoms with van der Waals surface area (Å²) in [5, 5.41) is 4.54. The van der Waals surface area contributed by atoms with Gasteiger partial charge >= 0.3 is 0 Å². The van der Waals surface area contributed by atoms with Gasteiger partial charge < -0.3 is 8.98 Å². The van der Waals surface area contributed by atoms with Crippen LogP contribution < -0.4 is 0 Å². The average Bonchev–Trinajstić information content (AvgIpc) is 3.83. The van der Waals surface area contributed by atoms with Crippen LogP contribution in [0.4, 0.5) is 0 Å². The van der Waals surface area contributed by atoms with Gasteiger partial charge in [-0.25, -0.2) is 9.97 Å². The molecule has 0 unspecified atom stereocenters. The molecule has 0 saturated heterocycles. The summed E-state index contributed by atoms with van der Waals surface area (Å²) in [5.41, 5.74) is 14.2. The lowest BCUT2D eigenvalue weighted by atomic mass is 9.99. The quantitative estimate of drug-likeness (QED) is 0.172. The number of fused-ring (bicyclic) bond motifs is 7. The van der Waals surface area contributed by atoms with Gasteiger partial charge in [-0.2, -0.15) is 0 Å². The van der Waals surface area contributed by atoms with E-state index in [0.29, 0.717) is 5.82 Å². The lowest BCUT2D eigenvalue weighted by Crippen LogP contribution is -1.96. The van der Waals surface area contributed by atoms with E-state index in [0.717, 1.165) is 83.4 Å². The van der Waals surface area contributed by atoms with Crippen molar-refractivity contribution in [2.45, 2.75) is 0 Å². The number of benzene rings is 8. The van der Waals surface area contributed by atoms with Gasteiger partial charge in [-0.3, -0.25) is 0 Å². The zero-order valence-corrected chi connectivity index (χ0v) is 30.3. The fourth-order valence-electron chi connectivity index (χ4n) is 8.17. The second-order valence-corrected chi connectivity index (χ2v) is 14.2. The predicted octanol–water partition coefficient (Wildman–Crippen LogP) is 13.8. The summed E-state index contributed by atoms with van der Waals surface area (Å²) in [5.74, 6) is 0.666. The molecule has 11 rings (SSSR count). The number of furan rings is 1. The van der Waals surface area contributed by atoms with Crippen molar-refractivity contribution in [3.8, 4) is 61.8 Å². The van der Waals surface area contributed by atoms with Crippen LogP contribution in [0.25, 0.3) is 106 Å². The van der Waals surface area contributed by atoms with Crippen molar-refractivity contribution in [2.75, 3.05) is 0 Å². The van der Waals surface area contributed by atoms with Crippen molar-refractivity contribution in [3.63, 3.8) is 0 Å². The molecule has 0 fully saturated rings. The van der Waals surface area contributed by atoms with Crippen molar-refractivity contribution in [3.05, 3.63) is 200 Å². The minimum absolute atomic E-state index is 0.666. The van der Waals surface area contributed by atoms with Crippen LogP contribution in [0, 0.1) is 0 Å². The first-order valence-corrected chi connectivity index (χ1v) is 18.9. The molecule has 0 spiro atoms. The Morgan fingerprint density at radius 1 is 0.357 bits per heavy atom. The first-order chi connectivity index (χ1) is 27.8. The molecule has 8 aromatic carbocycles. The van der Waals surface area contributed by atoms with E-state index in [9.17, 15) is 0 Å². The minimum Gasteiger partial charge on any atom is -0.453 e. The summed E-state index contributed by atoms with van der Waals surface area (Å²) in [6.07, 6.45) is 0. The molecular weight excluding hydrogens is 683 g/mol. The predicted molar refractivity (Wildman–Crippen MR) is 231 cm³/mol. The van der Waals surface area contributed by atoms with E-state index in [2.05, 4.69) is 193 Å². The second kappa shape index (κ2) is 13.1. The van der Waals surface area contributed by atoms with Gasteiger partial charge in [0.15, 0.2) is 11.4 Å². The third-order valence-electron chi connectivity index (χ3n) is 10.8. The van der Waals surface area contributed by atoms with E-state index in [1.807, 2.05) is 12.1 Å². The Morgan fingerprint density at radius 2 is 0.911 bits per heavy atom. The van der Waals surface area contributed by atoms with Gasteiger partial charge in [0.2, 0.25) is 0 Å².